The molecule has 3 atom stereocenters. The highest BCUT2D eigenvalue weighted by atomic mass is 79.9. The lowest BCUT2D eigenvalue weighted by Gasteiger charge is -2.29. The molecule has 1 aromatic heterocycles. The number of anilines is 1. The average Bonchev–Trinajstić information content (AvgIpc) is 3.28. The van der Waals surface area contributed by atoms with Gasteiger partial charge < -0.3 is 9.72 Å². The summed E-state index contributed by atoms with van der Waals surface area (Å²) in [7, 11) is 0. The predicted molar refractivity (Wildman–Crippen MR) is 129 cm³/mol. The van der Waals surface area contributed by atoms with E-state index in [1.54, 1.807) is 31.2 Å². The monoisotopic (exact) mass is 544 g/mol. The summed E-state index contributed by atoms with van der Waals surface area (Å²) < 4.78 is 5.85. The molecule has 2 unspecified atom stereocenters. The maximum Gasteiger partial charge on any atom is 0.338 e. The van der Waals surface area contributed by atoms with Crippen molar-refractivity contribution < 1.29 is 19.1 Å². The smallest absolute Gasteiger partial charge is 0.338 e. The maximum absolute atomic E-state index is 13.7. The molecule has 2 aliphatic heterocycles. The Morgan fingerprint density at radius 2 is 1.88 bits per heavy atom. The van der Waals surface area contributed by atoms with Crippen LogP contribution in [0.25, 0.3) is 0 Å². The van der Waals surface area contributed by atoms with Crippen molar-refractivity contribution in [1.29, 1.82) is 0 Å². The second kappa shape index (κ2) is 8.58. The highest BCUT2D eigenvalue weighted by molar-refractivity contribution is 9.10. The fraction of sp³-hybridized carbons (Fsp3) is 0.217. The minimum atomic E-state index is -0.663. The van der Waals surface area contributed by atoms with Gasteiger partial charge in [-0.25, -0.2) is 9.69 Å². The third kappa shape index (κ3) is 3.75. The number of hydrogen-bond donors (Lipinski definition) is 1. The van der Waals surface area contributed by atoms with E-state index in [2.05, 4.69) is 20.9 Å². The van der Waals surface area contributed by atoms with Gasteiger partial charge in [-0.15, -0.1) is 0 Å². The summed E-state index contributed by atoms with van der Waals surface area (Å²) in [4.78, 5) is 55.7. The number of imide groups is 1. The van der Waals surface area contributed by atoms with E-state index in [4.69, 9.17) is 4.74 Å². The van der Waals surface area contributed by atoms with Gasteiger partial charge in [0.1, 0.15) is 5.25 Å². The van der Waals surface area contributed by atoms with Gasteiger partial charge in [0.05, 0.1) is 28.8 Å². The van der Waals surface area contributed by atoms with Crippen LogP contribution in [0.2, 0.25) is 0 Å². The number of nitrogens with zero attached hydrogens (tertiary/aromatic N) is 1. The van der Waals surface area contributed by atoms with Crippen molar-refractivity contribution in [3.05, 3.63) is 78.7 Å². The molecule has 33 heavy (non-hydrogen) atoms. The van der Waals surface area contributed by atoms with Gasteiger partial charge in [0.15, 0.2) is 0 Å². The molecule has 2 aliphatic rings. The first-order chi connectivity index (χ1) is 15.9. The molecular formula is C23H17BrN2O5S2. The molecule has 7 nitrogen and oxygen atoms in total. The van der Waals surface area contributed by atoms with Crippen molar-refractivity contribution in [1.82, 2.24) is 4.98 Å². The lowest BCUT2D eigenvalue weighted by Crippen LogP contribution is -2.32. The molecule has 0 spiro atoms. The molecular weight excluding hydrogens is 528 g/mol. The summed E-state index contributed by atoms with van der Waals surface area (Å²) in [5.74, 6) is -2.20. The molecule has 1 fully saturated rings. The molecule has 5 rings (SSSR count). The Morgan fingerprint density at radius 3 is 2.58 bits per heavy atom. The molecule has 0 radical (unpaired) electrons. The van der Waals surface area contributed by atoms with Crippen molar-refractivity contribution in [2.75, 3.05) is 11.5 Å². The van der Waals surface area contributed by atoms with Gasteiger partial charge in [0.25, 0.3) is 0 Å². The Balaban J connectivity index is 1.55. The first-order valence-corrected chi connectivity index (χ1v) is 12.7. The van der Waals surface area contributed by atoms with Gasteiger partial charge in [-0.3, -0.25) is 14.4 Å². The van der Waals surface area contributed by atoms with Crippen molar-refractivity contribution >= 4 is 62.5 Å². The summed E-state index contributed by atoms with van der Waals surface area (Å²) in [5.41, 5.74) is 1.60. The van der Waals surface area contributed by atoms with E-state index in [0.717, 1.165) is 26.3 Å². The Kier molecular flexibility index (Phi) is 5.75. The molecule has 0 aliphatic carbocycles. The summed E-state index contributed by atoms with van der Waals surface area (Å²) in [6, 6.07) is 13.8. The highest BCUT2D eigenvalue weighted by Crippen LogP contribution is 2.53. The number of hydrogen-bond acceptors (Lipinski definition) is 7. The molecule has 3 heterocycles. The van der Waals surface area contributed by atoms with Crippen LogP contribution in [0.5, 0.6) is 0 Å². The molecule has 1 saturated heterocycles. The number of amides is 2. The molecule has 1 N–H and O–H groups in total. The minimum absolute atomic E-state index is 0.209. The number of ether oxygens (including phenoxy) is 1. The van der Waals surface area contributed by atoms with Crippen LogP contribution in [-0.4, -0.2) is 34.6 Å². The van der Waals surface area contributed by atoms with Crippen molar-refractivity contribution in [3.63, 3.8) is 0 Å². The molecule has 0 saturated carbocycles. The topological polar surface area (TPSA) is 96.5 Å². The SMILES string of the molecule is CCOC(=O)c1ccc(N2C(=O)C3Sc4[nH]c(=O)sc4[C@H](c4cccc(Br)c4)C3C2=O)cc1. The van der Waals surface area contributed by atoms with Gasteiger partial charge in [0, 0.05) is 15.3 Å². The lowest BCUT2D eigenvalue weighted by atomic mass is 9.83. The number of thiazole rings is 1. The number of fused-ring (bicyclic) bond motifs is 2. The number of aromatic amines is 1. The fourth-order valence-corrected chi connectivity index (χ4v) is 7.22. The summed E-state index contributed by atoms with van der Waals surface area (Å²) in [5, 5.41) is -0.0270. The quantitative estimate of drug-likeness (QED) is 0.391. The number of halogens is 1. The fourth-order valence-electron chi connectivity index (χ4n) is 4.29. The highest BCUT2D eigenvalue weighted by Gasteiger charge is 2.56. The van der Waals surface area contributed by atoms with Crippen molar-refractivity contribution in [3.8, 4) is 0 Å². The van der Waals surface area contributed by atoms with Crippen LogP contribution in [0.3, 0.4) is 0 Å². The van der Waals surface area contributed by atoms with Gasteiger partial charge in [-0.05, 0) is 48.9 Å². The number of rotatable bonds is 4. The van der Waals surface area contributed by atoms with Crippen LogP contribution in [0, 0.1) is 5.92 Å². The number of aromatic nitrogens is 1. The summed E-state index contributed by atoms with van der Waals surface area (Å²) >= 11 is 5.79. The van der Waals surface area contributed by atoms with Crippen LogP contribution < -0.4 is 9.77 Å². The van der Waals surface area contributed by atoms with Crippen molar-refractivity contribution in [2.45, 2.75) is 23.1 Å². The van der Waals surface area contributed by atoms with Gasteiger partial charge in [-0.1, -0.05) is 51.2 Å². The number of esters is 1. The Bertz CT molecular complexity index is 1330. The molecule has 10 heteroatoms. The predicted octanol–water partition coefficient (Wildman–Crippen LogP) is 4.17. The van der Waals surface area contributed by atoms with Gasteiger partial charge >= 0.3 is 10.8 Å². The van der Waals surface area contributed by atoms with Crippen LogP contribution in [0.15, 0.2) is 62.8 Å². The zero-order chi connectivity index (χ0) is 23.3. The van der Waals surface area contributed by atoms with Crippen LogP contribution in [0.4, 0.5) is 5.69 Å². The van der Waals surface area contributed by atoms with Crippen LogP contribution >= 0.6 is 39.0 Å². The number of H-pyrrole nitrogens is 1. The third-order valence-electron chi connectivity index (χ3n) is 5.67. The normalized spacial score (nSPS) is 21.6. The second-order valence-electron chi connectivity index (χ2n) is 7.58. The third-order valence-corrected chi connectivity index (χ3v) is 8.56. The Morgan fingerprint density at radius 1 is 1.12 bits per heavy atom. The van der Waals surface area contributed by atoms with E-state index in [1.807, 2.05) is 24.3 Å². The van der Waals surface area contributed by atoms with Gasteiger partial charge in [0.2, 0.25) is 11.8 Å². The average molecular weight is 545 g/mol. The molecule has 2 amide bonds. The van der Waals surface area contributed by atoms with Gasteiger partial charge in [-0.2, -0.15) is 0 Å². The van der Waals surface area contributed by atoms with Crippen LogP contribution in [-0.2, 0) is 14.3 Å². The molecule has 0 bridgehead atoms. The number of benzene rings is 2. The summed E-state index contributed by atoms with van der Waals surface area (Å²) in [6.45, 7) is 1.98. The van der Waals surface area contributed by atoms with E-state index < -0.39 is 23.1 Å². The Hall–Kier alpha value is -2.69. The molecule has 3 aromatic rings. The first-order valence-electron chi connectivity index (χ1n) is 10.2. The Labute approximate surface area is 205 Å². The second-order valence-corrected chi connectivity index (χ2v) is 10.7. The molecule has 2 aromatic carbocycles. The molecule has 168 valence electrons. The number of carbonyl (C=O) groups is 3. The zero-order valence-electron chi connectivity index (χ0n) is 17.2. The lowest BCUT2D eigenvalue weighted by molar-refractivity contribution is -0.122. The van der Waals surface area contributed by atoms with E-state index in [9.17, 15) is 19.2 Å². The minimum Gasteiger partial charge on any atom is -0.462 e. The van der Waals surface area contributed by atoms with Crippen LogP contribution in [0.1, 0.15) is 33.6 Å². The zero-order valence-corrected chi connectivity index (χ0v) is 20.5. The number of carbonyl (C=O) groups excluding carboxylic acids is 3. The van der Waals surface area contributed by atoms with Crippen molar-refractivity contribution in [2.24, 2.45) is 5.92 Å². The first kappa shape index (κ1) is 22.1. The van der Waals surface area contributed by atoms with E-state index in [0.29, 0.717) is 16.3 Å². The van der Waals surface area contributed by atoms with E-state index >= 15 is 0 Å². The summed E-state index contributed by atoms with van der Waals surface area (Å²) in [6.07, 6.45) is 0. The standard InChI is InChI=1S/C23H17BrN2O5S2/c1-2-31-22(29)11-6-8-14(9-7-11)26-20(27)16-15(12-4-3-5-13(24)10-12)17-19(25-23(30)33-17)32-18(16)21(26)28/h3-10,15-16,18H,2H2,1H3,(H,25,30)/t15-,16?,18?/m1/s1. The van der Waals surface area contributed by atoms with E-state index in [1.165, 1.54) is 16.7 Å². The van der Waals surface area contributed by atoms with E-state index in [-0.39, 0.29) is 23.3 Å². The number of thioether (sulfide) groups is 1. The number of nitrogens with one attached hydrogen (secondary N) is 1. The largest absolute Gasteiger partial charge is 0.462 e. The maximum atomic E-state index is 13.7.